The van der Waals surface area contributed by atoms with E-state index in [4.69, 9.17) is 6.42 Å². The maximum absolute atomic E-state index is 11.5. The lowest BCUT2D eigenvalue weighted by atomic mass is 10.0. The van der Waals surface area contributed by atoms with Crippen LogP contribution in [0.5, 0.6) is 0 Å². The Hall–Kier alpha value is -2.97. The molecule has 1 aromatic heterocycles. The van der Waals surface area contributed by atoms with E-state index in [2.05, 4.69) is 38.7 Å². The Bertz CT molecular complexity index is 977. The van der Waals surface area contributed by atoms with Crippen molar-refractivity contribution in [2.45, 2.75) is 19.1 Å². The Balaban J connectivity index is 1.71. The lowest BCUT2D eigenvalue weighted by Crippen LogP contribution is -2.10. The maximum atomic E-state index is 11.5. The molecule has 0 saturated heterocycles. The van der Waals surface area contributed by atoms with Gasteiger partial charge in [-0.15, -0.1) is 6.42 Å². The van der Waals surface area contributed by atoms with Gasteiger partial charge in [-0.1, -0.05) is 24.1 Å². The van der Waals surface area contributed by atoms with Gasteiger partial charge in [0.2, 0.25) is 0 Å². The quantitative estimate of drug-likeness (QED) is 0.561. The van der Waals surface area contributed by atoms with E-state index in [0.29, 0.717) is 0 Å². The van der Waals surface area contributed by atoms with Crippen molar-refractivity contribution in [3.63, 3.8) is 0 Å². The van der Waals surface area contributed by atoms with E-state index in [-0.39, 0.29) is 11.7 Å². The van der Waals surface area contributed by atoms with Crippen LogP contribution in [0.1, 0.15) is 22.7 Å². The smallest absolute Gasteiger partial charge is 0.323 e. The molecule has 0 spiro atoms. The van der Waals surface area contributed by atoms with Crippen molar-refractivity contribution in [2.75, 3.05) is 5.32 Å². The molecule has 23 heavy (non-hydrogen) atoms. The minimum atomic E-state index is -0.322. The van der Waals surface area contributed by atoms with E-state index >= 15 is 0 Å². The van der Waals surface area contributed by atoms with Crippen molar-refractivity contribution in [3.8, 4) is 12.3 Å². The monoisotopic (exact) mass is 304 g/mol. The first-order valence-electron chi connectivity index (χ1n) is 7.51. The zero-order valence-corrected chi connectivity index (χ0v) is 12.4. The first-order valence-corrected chi connectivity index (χ1v) is 7.51. The summed E-state index contributed by atoms with van der Waals surface area (Å²) >= 11 is 0. The van der Waals surface area contributed by atoms with Gasteiger partial charge in [0.1, 0.15) is 6.04 Å². The maximum Gasteiger partial charge on any atom is 0.323 e. The first-order chi connectivity index (χ1) is 11.2. The highest BCUT2D eigenvalue weighted by Crippen LogP contribution is 2.26. The van der Waals surface area contributed by atoms with Gasteiger partial charge in [0.15, 0.2) is 0 Å². The fourth-order valence-electron chi connectivity index (χ4n) is 3.08. The van der Waals surface area contributed by atoms with Crippen LogP contribution in [-0.4, -0.2) is 9.97 Å². The topological polar surface area (TPSA) is 72.7 Å². The highest BCUT2D eigenvalue weighted by molar-refractivity contribution is 5.79. The number of rotatable bonds is 3. The van der Waals surface area contributed by atoms with Gasteiger partial charge in [0.05, 0.1) is 11.0 Å². The minimum Gasteiger partial charge on any atom is -0.368 e. The zero-order chi connectivity index (χ0) is 15.8. The van der Waals surface area contributed by atoms with Crippen LogP contribution in [0.25, 0.3) is 11.0 Å². The molecule has 1 aliphatic heterocycles. The van der Waals surface area contributed by atoms with Crippen LogP contribution in [0, 0.1) is 12.3 Å². The average Bonchev–Trinajstić information content (AvgIpc) is 3.16. The van der Waals surface area contributed by atoms with Gasteiger partial charge in [-0.3, -0.25) is 0 Å². The number of para-hydroxylation sites is 1. The van der Waals surface area contributed by atoms with Gasteiger partial charge < -0.3 is 20.6 Å². The van der Waals surface area contributed by atoms with Gasteiger partial charge in [0.25, 0.3) is 0 Å². The SMILES string of the molecule is C#C[C@H](Nc1ccc2c(c1)CNC2)c1cccc2[nH]c(=O)[nH]c12. The van der Waals surface area contributed by atoms with Crippen molar-refractivity contribution < 1.29 is 0 Å². The fraction of sp³-hybridized carbons (Fsp3) is 0.167. The van der Waals surface area contributed by atoms with Crippen LogP contribution in [0.4, 0.5) is 5.69 Å². The van der Waals surface area contributed by atoms with E-state index < -0.39 is 0 Å². The summed E-state index contributed by atoms with van der Waals surface area (Å²) < 4.78 is 0. The van der Waals surface area contributed by atoms with Gasteiger partial charge >= 0.3 is 5.69 Å². The lowest BCUT2D eigenvalue weighted by molar-refractivity contribution is 0.765. The molecule has 0 bridgehead atoms. The summed E-state index contributed by atoms with van der Waals surface area (Å²) in [6.45, 7) is 1.80. The Morgan fingerprint density at radius 1 is 1.13 bits per heavy atom. The number of H-pyrrole nitrogens is 2. The van der Waals surface area contributed by atoms with Gasteiger partial charge in [0, 0.05) is 24.3 Å². The molecule has 0 aliphatic carbocycles. The van der Waals surface area contributed by atoms with E-state index in [1.54, 1.807) is 0 Å². The molecule has 0 amide bonds. The van der Waals surface area contributed by atoms with E-state index in [1.807, 2.05) is 24.3 Å². The number of terminal acetylenes is 1. The summed E-state index contributed by atoms with van der Waals surface area (Å²) in [4.78, 5) is 17.1. The molecule has 1 aliphatic rings. The Morgan fingerprint density at radius 3 is 2.87 bits per heavy atom. The molecule has 0 radical (unpaired) electrons. The predicted octanol–water partition coefficient (Wildman–Crippen LogP) is 2.25. The summed E-state index contributed by atoms with van der Waals surface area (Å²) in [7, 11) is 0. The third-order valence-electron chi connectivity index (χ3n) is 4.21. The molecule has 2 heterocycles. The van der Waals surface area contributed by atoms with Crippen molar-refractivity contribution in [1.82, 2.24) is 15.3 Å². The van der Waals surface area contributed by atoms with Crippen LogP contribution in [0.15, 0.2) is 41.2 Å². The molecule has 3 aromatic rings. The molecule has 2 aromatic carbocycles. The third kappa shape index (κ3) is 2.39. The van der Waals surface area contributed by atoms with Crippen LogP contribution in [0.3, 0.4) is 0 Å². The van der Waals surface area contributed by atoms with Gasteiger partial charge in [-0.05, 0) is 29.3 Å². The molecule has 4 rings (SSSR count). The summed E-state index contributed by atoms with van der Waals surface area (Å²) in [6, 6.07) is 11.6. The number of aromatic nitrogens is 2. The second-order valence-corrected chi connectivity index (χ2v) is 5.68. The molecule has 1 atom stereocenters. The summed E-state index contributed by atoms with van der Waals surface area (Å²) in [6.07, 6.45) is 5.74. The summed E-state index contributed by atoms with van der Waals surface area (Å²) in [5.74, 6) is 2.77. The normalized spacial score (nSPS) is 14.4. The molecular weight excluding hydrogens is 288 g/mol. The predicted molar refractivity (Wildman–Crippen MR) is 91.1 cm³/mol. The molecule has 114 valence electrons. The Morgan fingerprint density at radius 2 is 2.00 bits per heavy atom. The Kier molecular flexibility index (Phi) is 3.18. The number of nitrogens with one attached hydrogen (secondary N) is 4. The van der Waals surface area contributed by atoms with Crippen LogP contribution < -0.4 is 16.3 Å². The van der Waals surface area contributed by atoms with Crippen LogP contribution >= 0.6 is 0 Å². The molecule has 4 N–H and O–H groups in total. The number of hydrogen-bond donors (Lipinski definition) is 4. The third-order valence-corrected chi connectivity index (χ3v) is 4.21. The van der Waals surface area contributed by atoms with Crippen LogP contribution in [-0.2, 0) is 13.1 Å². The number of hydrogen-bond acceptors (Lipinski definition) is 3. The highest BCUT2D eigenvalue weighted by atomic mass is 16.1. The second kappa shape index (κ2) is 5.34. The number of anilines is 1. The second-order valence-electron chi connectivity index (χ2n) is 5.68. The number of aromatic amines is 2. The lowest BCUT2D eigenvalue weighted by Gasteiger charge is -2.16. The van der Waals surface area contributed by atoms with E-state index in [9.17, 15) is 4.79 Å². The highest BCUT2D eigenvalue weighted by Gasteiger charge is 2.15. The summed E-state index contributed by atoms with van der Waals surface area (Å²) in [5, 5.41) is 6.71. The summed E-state index contributed by atoms with van der Waals surface area (Å²) in [5.41, 5.74) is 5.74. The Labute approximate surface area is 133 Å². The molecular formula is C18H16N4O. The zero-order valence-electron chi connectivity index (χ0n) is 12.4. The average molecular weight is 304 g/mol. The molecule has 0 unspecified atom stereocenters. The van der Waals surface area contributed by atoms with Crippen LogP contribution in [0.2, 0.25) is 0 Å². The largest absolute Gasteiger partial charge is 0.368 e. The fourth-order valence-corrected chi connectivity index (χ4v) is 3.08. The van der Waals surface area contributed by atoms with Crippen molar-refractivity contribution >= 4 is 16.7 Å². The standard InChI is InChI=1S/C18H16N4O/c1-2-15(14-4-3-5-16-17(14)22-18(23)21-16)20-13-7-6-11-9-19-10-12(11)8-13/h1,3-8,15,19-20H,9-10H2,(H2,21,22,23)/t15-/m0/s1. The van der Waals surface area contributed by atoms with Crippen molar-refractivity contribution in [2.24, 2.45) is 0 Å². The first kappa shape index (κ1) is 13.7. The van der Waals surface area contributed by atoms with Crippen molar-refractivity contribution in [1.29, 1.82) is 0 Å². The molecule has 0 fully saturated rings. The van der Waals surface area contributed by atoms with Crippen molar-refractivity contribution in [3.05, 3.63) is 63.6 Å². The van der Waals surface area contributed by atoms with E-state index in [1.165, 1.54) is 11.1 Å². The number of benzene rings is 2. The number of imidazole rings is 1. The molecule has 5 heteroatoms. The molecule has 5 nitrogen and oxygen atoms in total. The van der Waals surface area contributed by atoms with Gasteiger partial charge in [-0.2, -0.15) is 0 Å². The number of fused-ring (bicyclic) bond motifs is 2. The molecule has 0 saturated carbocycles. The minimum absolute atomic E-state index is 0.230. The van der Waals surface area contributed by atoms with E-state index in [0.717, 1.165) is 35.4 Å². The van der Waals surface area contributed by atoms with Gasteiger partial charge in [-0.25, -0.2) is 4.79 Å².